The quantitative estimate of drug-likeness (QED) is 0.745. The Balaban J connectivity index is 2.13. The lowest BCUT2D eigenvalue weighted by atomic mass is 10.1. The number of nitrogens with one attached hydrogen (secondary N) is 1. The Morgan fingerprint density at radius 3 is 3.00 bits per heavy atom. The van der Waals surface area contributed by atoms with Gasteiger partial charge in [-0.2, -0.15) is 0 Å². The summed E-state index contributed by atoms with van der Waals surface area (Å²) in [5, 5.41) is 7.09. The average molecular weight is 238 g/mol. The van der Waals surface area contributed by atoms with Crippen LogP contribution >= 0.6 is 0 Å². The molecule has 3 N–H and O–H groups in total. The Morgan fingerprint density at radius 2 is 2.41 bits per heavy atom. The van der Waals surface area contributed by atoms with Gasteiger partial charge in [0, 0.05) is 31.7 Å². The fraction of sp³-hybridized carbons (Fsp3) is 0.636. The monoisotopic (exact) mass is 238 g/mol. The second-order valence-electron chi connectivity index (χ2n) is 4.40. The van der Waals surface area contributed by atoms with Crippen molar-refractivity contribution in [3.8, 4) is 0 Å². The highest BCUT2D eigenvalue weighted by atomic mass is 16.5. The van der Waals surface area contributed by atoms with E-state index in [2.05, 4.69) is 15.4 Å². The molecule has 6 nitrogen and oxygen atoms in total. The summed E-state index contributed by atoms with van der Waals surface area (Å²) in [5.74, 6) is 0.521. The van der Waals surface area contributed by atoms with E-state index in [1.54, 1.807) is 0 Å². The molecule has 17 heavy (non-hydrogen) atoms. The average Bonchev–Trinajstić information content (AvgIpc) is 2.61. The Hall–Kier alpha value is -1.40. The number of aryl methyl sites for hydroxylation is 2. The van der Waals surface area contributed by atoms with Gasteiger partial charge in [0.2, 0.25) is 5.91 Å². The van der Waals surface area contributed by atoms with E-state index >= 15 is 0 Å². The SMILES string of the molecule is Cc1noc(C)c1CN1CCNCC1C(N)=O. The Kier molecular flexibility index (Phi) is 3.44. The molecule has 0 saturated carbocycles. The Labute approximate surface area is 100 Å². The van der Waals surface area contributed by atoms with Crippen molar-refractivity contribution < 1.29 is 9.32 Å². The van der Waals surface area contributed by atoms with Crippen molar-refractivity contribution in [2.75, 3.05) is 19.6 Å². The summed E-state index contributed by atoms with van der Waals surface area (Å²) >= 11 is 0. The lowest BCUT2D eigenvalue weighted by molar-refractivity contribution is -0.124. The summed E-state index contributed by atoms with van der Waals surface area (Å²) in [6.45, 7) is 6.74. The second-order valence-corrected chi connectivity index (χ2v) is 4.40. The van der Waals surface area contributed by atoms with E-state index in [0.29, 0.717) is 13.1 Å². The molecule has 2 heterocycles. The lowest BCUT2D eigenvalue weighted by Gasteiger charge is -2.33. The zero-order valence-corrected chi connectivity index (χ0v) is 10.2. The van der Waals surface area contributed by atoms with E-state index in [4.69, 9.17) is 10.3 Å². The van der Waals surface area contributed by atoms with Crippen LogP contribution in [0, 0.1) is 13.8 Å². The van der Waals surface area contributed by atoms with Gasteiger partial charge in [0.15, 0.2) is 0 Å². The van der Waals surface area contributed by atoms with Crippen molar-refractivity contribution in [3.63, 3.8) is 0 Å². The van der Waals surface area contributed by atoms with Crippen LogP contribution in [0.1, 0.15) is 17.0 Å². The number of rotatable bonds is 3. The number of hydrogen-bond acceptors (Lipinski definition) is 5. The normalized spacial score (nSPS) is 21.6. The summed E-state index contributed by atoms with van der Waals surface area (Å²) < 4.78 is 5.12. The number of nitrogens with two attached hydrogens (primary N) is 1. The van der Waals surface area contributed by atoms with E-state index in [9.17, 15) is 4.79 Å². The van der Waals surface area contributed by atoms with Crippen LogP contribution in [0.15, 0.2) is 4.52 Å². The summed E-state index contributed by atoms with van der Waals surface area (Å²) in [6.07, 6.45) is 0. The molecule has 1 aromatic rings. The molecule has 1 aliphatic rings. The van der Waals surface area contributed by atoms with Gasteiger partial charge >= 0.3 is 0 Å². The highest BCUT2D eigenvalue weighted by Gasteiger charge is 2.28. The van der Waals surface area contributed by atoms with Crippen LogP contribution in [-0.2, 0) is 11.3 Å². The molecule has 1 unspecified atom stereocenters. The maximum atomic E-state index is 11.4. The Morgan fingerprint density at radius 1 is 1.65 bits per heavy atom. The van der Waals surface area contributed by atoms with E-state index in [1.165, 1.54) is 0 Å². The maximum absolute atomic E-state index is 11.4. The minimum absolute atomic E-state index is 0.252. The van der Waals surface area contributed by atoms with Crippen LogP contribution in [0.4, 0.5) is 0 Å². The first-order valence-corrected chi connectivity index (χ1v) is 5.75. The second kappa shape index (κ2) is 4.85. The zero-order valence-electron chi connectivity index (χ0n) is 10.2. The van der Waals surface area contributed by atoms with Gasteiger partial charge in [-0.1, -0.05) is 5.16 Å². The number of carbonyl (C=O) groups excluding carboxylic acids is 1. The number of aromatic nitrogens is 1. The summed E-state index contributed by atoms with van der Waals surface area (Å²) in [6, 6.07) is -0.252. The van der Waals surface area contributed by atoms with Crippen LogP contribution < -0.4 is 11.1 Å². The van der Waals surface area contributed by atoms with Crippen LogP contribution in [0.3, 0.4) is 0 Å². The first-order valence-electron chi connectivity index (χ1n) is 5.75. The third kappa shape index (κ3) is 2.48. The molecule has 1 aromatic heterocycles. The van der Waals surface area contributed by atoms with Gasteiger partial charge in [0.1, 0.15) is 11.8 Å². The van der Waals surface area contributed by atoms with Gasteiger partial charge in [-0.15, -0.1) is 0 Å². The smallest absolute Gasteiger partial charge is 0.236 e. The van der Waals surface area contributed by atoms with Crippen molar-refractivity contribution in [1.29, 1.82) is 0 Å². The summed E-state index contributed by atoms with van der Waals surface area (Å²) in [4.78, 5) is 13.4. The van der Waals surface area contributed by atoms with Gasteiger partial charge in [0.25, 0.3) is 0 Å². The predicted molar refractivity (Wildman–Crippen MR) is 62.2 cm³/mol. The van der Waals surface area contributed by atoms with Gasteiger partial charge in [-0.05, 0) is 13.8 Å². The molecule has 1 amide bonds. The topological polar surface area (TPSA) is 84.4 Å². The molecule has 0 bridgehead atoms. The third-order valence-corrected chi connectivity index (χ3v) is 3.23. The molecule has 1 fully saturated rings. The molecule has 1 atom stereocenters. The van der Waals surface area contributed by atoms with Gasteiger partial charge in [-0.25, -0.2) is 0 Å². The van der Waals surface area contributed by atoms with Gasteiger partial charge < -0.3 is 15.6 Å². The molecule has 1 aliphatic heterocycles. The third-order valence-electron chi connectivity index (χ3n) is 3.23. The van der Waals surface area contributed by atoms with E-state index in [1.807, 2.05) is 13.8 Å². The van der Waals surface area contributed by atoms with Crippen LogP contribution in [0.5, 0.6) is 0 Å². The molecule has 6 heteroatoms. The molecule has 0 aromatic carbocycles. The van der Waals surface area contributed by atoms with Crippen LogP contribution in [0.2, 0.25) is 0 Å². The molecule has 0 aliphatic carbocycles. The van der Waals surface area contributed by atoms with Crippen molar-refractivity contribution in [1.82, 2.24) is 15.4 Å². The number of piperazine rings is 1. The zero-order chi connectivity index (χ0) is 12.4. The minimum atomic E-state index is -0.288. The fourth-order valence-electron chi connectivity index (χ4n) is 2.15. The Bertz CT molecular complexity index is 396. The molecule has 94 valence electrons. The van der Waals surface area contributed by atoms with Crippen molar-refractivity contribution in [3.05, 3.63) is 17.0 Å². The molecule has 0 spiro atoms. The number of carbonyl (C=O) groups is 1. The van der Waals surface area contributed by atoms with Crippen molar-refractivity contribution in [2.24, 2.45) is 5.73 Å². The van der Waals surface area contributed by atoms with Crippen molar-refractivity contribution in [2.45, 2.75) is 26.4 Å². The highest BCUT2D eigenvalue weighted by molar-refractivity contribution is 5.80. The van der Waals surface area contributed by atoms with E-state index < -0.39 is 0 Å². The van der Waals surface area contributed by atoms with Crippen LogP contribution in [-0.4, -0.2) is 41.6 Å². The first kappa shape index (κ1) is 12.1. The predicted octanol–water partition coefficient (Wildman–Crippen LogP) is -0.449. The maximum Gasteiger partial charge on any atom is 0.236 e. The number of nitrogens with zero attached hydrogens (tertiary/aromatic N) is 2. The number of hydrogen-bond donors (Lipinski definition) is 2. The van der Waals surface area contributed by atoms with Gasteiger partial charge in [-0.3, -0.25) is 9.69 Å². The fourth-order valence-corrected chi connectivity index (χ4v) is 2.15. The minimum Gasteiger partial charge on any atom is -0.368 e. The molecule has 0 radical (unpaired) electrons. The molecular weight excluding hydrogens is 220 g/mol. The first-order chi connectivity index (χ1) is 8.09. The number of primary amides is 1. The molecule has 1 saturated heterocycles. The highest BCUT2D eigenvalue weighted by Crippen LogP contribution is 2.17. The lowest BCUT2D eigenvalue weighted by Crippen LogP contribution is -2.56. The number of amides is 1. The summed E-state index contributed by atoms with van der Waals surface area (Å²) in [7, 11) is 0. The van der Waals surface area contributed by atoms with Gasteiger partial charge in [0.05, 0.1) is 5.69 Å². The standard InChI is InChI=1S/C11H18N4O2/c1-7-9(8(2)17-14-7)6-15-4-3-13-5-10(15)11(12)16/h10,13H,3-6H2,1-2H3,(H2,12,16). The molecular formula is C11H18N4O2. The molecule has 2 rings (SSSR count). The summed E-state index contributed by atoms with van der Waals surface area (Å²) in [5.41, 5.74) is 7.34. The van der Waals surface area contributed by atoms with E-state index in [0.717, 1.165) is 30.1 Å². The van der Waals surface area contributed by atoms with Crippen LogP contribution in [0.25, 0.3) is 0 Å². The van der Waals surface area contributed by atoms with E-state index in [-0.39, 0.29) is 11.9 Å². The largest absolute Gasteiger partial charge is 0.368 e. The van der Waals surface area contributed by atoms with Crippen molar-refractivity contribution >= 4 is 5.91 Å².